The number of nitrogens with one attached hydrogen (secondary N) is 1. The summed E-state index contributed by atoms with van der Waals surface area (Å²) in [6.45, 7) is 10.1. The predicted octanol–water partition coefficient (Wildman–Crippen LogP) is 4.89. The van der Waals surface area contributed by atoms with Gasteiger partial charge in [-0.25, -0.2) is 9.78 Å². The van der Waals surface area contributed by atoms with E-state index in [1.54, 1.807) is 23.5 Å². The van der Waals surface area contributed by atoms with E-state index in [9.17, 15) is 14.7 Å². The molecule has 2 N–H and O–H groups in total. The first-order valence-corrected chi connectivity index (χ1v) is 11.9. The molecule has 33 heavy (non-hydrogen) atoms. The Morgan fingerprint density at radius 1 is 1.06 bits per heavy atom. The number of anilines is 1. The lowest BCUT2D eigenvalue weighted by atomic mass is 9.93. The van der Waals surface area contributed by atoms with Crippen LogP contribution in [0.5, 0.6) is 0 Å². The Kier molecular flexibility index (Phi) is 7.87. The van der Waals surface area contributed by atoms with Crippen molar-refractivity contribution in [2.45, 2.75) is 52.1 Å². The number of aromatic nitrogens is 1. The molecule has 0 aliphatic rings. The van der Waals surface area contributed by atoms with Crippen LogP contribution in [0.4, 0.5) is 5.13 Å². The number of carboxylic acid groups (broad SMARTS) is 1. The SMILES string of the molecule is CCN(Cc1ccc(C(=O)NC(Cc2ccccc2)C(=O)O)cc1)c1nc(C(C)(C)C)cs1. The Morgan fingerprint density at radius 3 is 2.27 bits per heavy atom. The van der Waals surface area contributed by atoms with Gasteiger partial charge in [0.1, 0.15) is 6.04 Å². The third-order valence-electron chi connectivity index (χ3n) is 5.39. The van der Waals surface area contributed by atoms with Crippen LogP contribution in [0.15, 0.2) is 60.0 Å². The number of hydrogen-bond donors (Lipinski definition) is 2. The molecule has 1 aromatic heterocycles. The minimum Gasteiger partial charge on any atom is -0.480 e. The monoisotopic (exact) mass is 465 g/mol. The van der Waals surface area contributed by atoms with Gasteiger partial charge in [0, 0.05) is 35.9 Å². The van der Waals surface area contributed by atoms with Gasteiger partial charge in [0.05, 0.1) is 5.69 Å². The Morgan fingerprint density at radius 2 is 1.73 bits per heavy atom. The highest BCUT2D eigenvalue weighted by Crippen LogP contribution is 2.29. The Bertz CT molecular complexity index is 1070. The van der Waals surface area contributed by atoms with Crippen LogP contribution in [0.1, 0.15) is 54.9 Å². The van der Waals surface area contributed by atoms with Crippen LogP contribution in [-0.2, 0) is 23.2 Å². The first-order valence-electron chi connectivity index (χ1n) is 11.0. The van der Waals surface area contributed by atoms with Crippen molar-refractivity contribution >= 4 is 28.3 Å². The largest absolute Gasteiger partial charge is 0.480 e. The second kappa shape index (κ2) is 10.6. The zero-order valence-corrected chi connectivity index (χ0v) is 20.4. The normalized spacial score (nSPS) is 12.2. The third-order valence-corrected chi connectivity index (χ3v) is 6.29. The Balaban J connectivity index is 1.65. The van der Waals surface area contributed by atoms with Crippen LogP contribution in [-0.4, -0.2) is 34.6 Å². The first kappa shape index (κ1) is 24.5. The van der Waals surface area contributed by atoms with Crippen molar-refractivity contribution in [1.82, 2.24) is 10.3 Å². The van der Waals surface area contributed by atoms with E-state index in [2.05, 4.69) is 43.3 Å². The van der Waals surface area contributed by atoms with Gasteiger partial charge in [0.2, 0.25) is 0 Å². The van der Waals surface area contributed by atoms with Gasteiger partial charge in [0.25, 0.3) is 5.91 Å². The molecule has 0 aliphatic heterocycles. The number of hydrogen-bond acceptors (Lipinski definition) is 5. The molecule has 0 radical (unpaired) electrons. The molecule has 1 unspecified atom stereocenters. The van der Waals surface area contributed by atoms with E-state index in [1.807, 2.05) is 42.5 Å². The van der Waals surface area contributed by atoms with Gasteiger partial charge >= 0.3 is 5.97 Å². The first-order chi connectivity index (χ1) is 15.7. The zero-order valence-electron chi connectivity index (χ0n) is 19.5. The fourth-order valence-corrected chi connectivity index (χ4v) is 4.46. The number of benzene rings is 2. The number of rotatable bonds is 9. The van der Waals surface area contributed by atoms with Gasteiger partial charge < -0.3 is 15.3 Å². The van der Waals surface area contributed by atoms with E-state index >= 15 is 0 Å². The molecule has 1 atom stereocenters. The molecular formula is C26H31N3O3S. The van der Waals surface area contributed by atoms with Crippen LogP contribution < -0.4 is 10.2 Å². The highest BCUT2D eigenvalue weighted by molar-refractivity contribution is 7.13. The quantitative estimate of drug-likeness (QED) is 0.470. The molecule has 3 rings (SSSR count). The summed E-state index contributed by atoms with van der Waals surface area (Å²) in [5.41, 5.74) is 3.44. The Hall–Kier alpha value is -3.19. The van der Waals surface area contributed by atoms with Crippen molar-refractivity contribution in [2.75, 3.05) is 11.4 Å². The van der Waals surface area contributed by atoms with Crippen molar-refractivity contribution in [3.8, 4) is 0 Å². The smallest absolute Gasteiger partial charge is 0.326 e. The summed E-state index contributed by atoms with van der Waals surface area (Å²) in [5, 5.41) is 15.3. The fourth-order valence-electron chi connectivity index (χ4n) is 3.34. The average molecular weight is 466 g/mol. The standard InChI is InChI=1S/C26H31N3O3S/c1-5-29(25-28-22(17-33-25)26(2,3)4)16-19-11-13-20(14-12-19)23(30)27-21(24(31)32)15-18-9-7-6-8-10-18/h6-14,17,21H,5,15-16H2,1-4H3,(H,27,30)(H,31,32). The molecule has 1 amide bonds. The minimum atomic E-state index is -1.06. The van der Waals surface area contributed by atoms with Gasteiger partial charge in [-0.1, -0.05) is 63.2 Å². The van der Waals surface area contributed by atoms with E-state index < -0.39 is 17.9 Å². The summed E-state index contributed by atoms with van der Waals surface area (Å²) in [4.78, 5) is 31.3. The summed E-state index contributed by atoms with van der Waals surface area (Å²) in [6.07, 6.45) is 0.232. The maximum atomic E-state index is 12.7. The summed E-state index contributed by atoms with van der Waals surface area (Å²) in [5.74, 6) is -1.45. The predicted molar refractivity (Wildman–Crippen MR) is 133 cm³/mol. The topological polar surface area (TPSA) is 82.5 Å². The average Bonchev–Trinajstić information content (AvgIpc) is 3.29. The van der Waals surface area contributed by atoms with Crippen LogP contribution in [0.3, 0.4) is 0 Å². The number of carbonyl (C=O) groups is 2. The van der Waals surface area contributed by atoms with Gasteiger partial charge in [-0.3, -0.25) is 4.79 Å². The van der Waals surface area contributed by atoms with Gasteiger partial charge in [-0.05, 0) is 30.2 Å². The summed E-state index contributed by atoms with van der Waals surface area (Å²) < 4.78 is 0. The minimum absolute atomic E-state index is 0.0114. The zero-order chi connectivity index (χ0) is 24.0. The summed E-state index contributed by atoms with van der Waals surface area (Å²) in [7, 11) is 0. The highest BCUT2D eigenvalue weighted by atomic mass is 32.1. The molecule has 1 heterocycles. The molecule has 6 nitrogen and oxygen atoms in total. The van der Waals surface area contributed by atoms with E-state index in [0.717, 1.165) is 28.5 Å². The highest BCUT2D eigenvalue weighted by Gasteiger charge is 2.22. The molecule has 3 aromatic rings. The second-order valence-electron chi connectivity index (χ2n) is 9.03. The van der Waals surface area contributed by atoms with Crippen molar-refractivity contribution in [1.29, 1.82) is 0 Å². The van der Waals surface area contributed by atoms with Crippen LogP contribution >= 0.6 is 11.3 Å². The van der Waals surface area contributed by atoms with Crippen molar-refractivity contribution < 1.29 is 14.7 Å². The fraction of sp³-hybridized carbons (Fsp3) is 0.346. The number of carboxylic acids is 1. The van der Waals surface area contributed by atoms with E-state index in [4.69, 9.17) is 4.98 Å². The molecule has 2 aromatic carbocycles. The Labute approximate surface area is 199 Å². The lowest BCUT2D eigenvalue weighted by molar-refractivity contribution is -0.139. The number of thiazole rings is 1. The molecule has 0 bridgehead atoms. The second-order valence-corrected chi connectivity index (χ2v) is 9.87. The van der Waals surface area contributed by atoms with E-state index in [0.29, 0.717) is 12.1 Å². The van der Waals surface area contributed by atoms with Gasteiger partial charge in [-0.15, -0.1) is 11.3 Å². The lowest BCUT2D eigenvalue weighted by Crippen LogP contribution is -2.42. The third kappa shape index (κ3) is 6.65. The summed E-state index contributed by atoms with van der Waals surface area (Å²) >= 11 is 1.64. The summed E-state index contributed by atoms with van der Waals surface area (Å²) in [6, 6.07) is 15.6. The maximum absolute atomic E-state index is 12.7. The van der Waals surface area contributed by atoms with Crippen LogP contribution in [0, 0.1) is 0 Å². The molecule has 0 spiro atoms. The number of carbonyl (C=O) groups excluding carboxylic acids is 1. The van der Waals surface area contributed by atoms with Crippen molar-refractivity contribution in [2.24, 2.45) is 0 Å². The molecule has 174 valence electrons. The number of aliphatic carboxylic acids is 1. The van der Waals surface area contributed by atoms with Crippen LogP contribution in [0.25, 0.3) is 0 Å². The van der Waals surface area contributed by atoms with E-state index in [-0.39, 0.29) is 11.8 Å². The maximum Gasteiger partial charge on any atom is 0.326 e. The van der Waals surface area contributed by atoms with E-state index in [1.165, 1.54) is 0 Å². The molecule has 0 saturated heterocycles. The lowest BCUT2D eigenvalue weighted by Gasteiger charge is -2.21. The number of nitrogens with zero attached hydrogens (tertiary/aromatic N) is 2. The van der Waals surface area contributed by atoms with Crippen molar-refractivity contribution in [3.63, 3.8) is 0 Å². The molecule has 0 saturated carbocycles. The van der Waals surface area contributed by atoms with Crippen LogP contribution in [0.2, 0.25) is 0 Å². The number of amides is 1. The van der Waals surface area contributed by atoms with Gasteiger partial charge in [0.15, 0.2) is 5.13 Å². The molecular weight excluding hydrogens is 434 g/mol. The molecule has 0 fully saturated rings. The van der Waals surface area contributed by atoms with Crippen molar-refractivity contribution in [3.05, 3.63) is 82.4 Å². The molecule has 7 heteroatoms. The van der Waals surface area contributed by atoms with Gasteiger partial charge in [-0.2, -0.15) is 0 Å². The molecule has 0 aliphatic carbocycles.